The Balaban J connectivity index is 2.30. The van der Waals surface area contributed by atoms with E-state index in [2.05, 4.69) is 0 Å². The summed E-state index contributed by atoms with van der Waals surface area (Å²) in [5.74, 6) is -2.01. The van der Waals surface area contributed by atoms with E-state index in [0.29, 0.717) is 11.1 Å². The zero-order valence-corrected chi connectivity index (χ0v) is 10.5. The molecule has 98 valence electrons. The lowest BCUT2D eigenvalue weighted by atomic mass is 10.1. The second-order valence-corrected chi connectivity index (χ2v) is 4.19. The monoisotopic (exact) mass is 260 g/mol. The van der Waals surface area contributed by atoms with Crippen LogP contribution in [0.5, 0.6) is 0 Å². The molecule has 1 aliphatic rings. The van der Waals surface area contributed by atoms with Gasteiger partial charge in [-0.3, -0.25) is 29.0 Å². The van der Waals surface area contributed by atoms with Crippen molar-refractivity contribution < 1.29 is 19.2 Å². The smallest absolute Gasteiger partial charge is 0.263 e. The van der Waals surface area contributed by atoms with Gasteiger partial charge in [0.2, 0.25) is 11.8 Å². The summed E-state index contributed by atoms with van der Waals surface area (Å²) in [5, 5.41) is 0. The molecule has 0 unspecified atom stereocenters. The van der Waals surface area contributed by atoms with Gasteiger partial charge < -0.3 is 0 Å². The number of hydrogen-bond donors (Lipinski definition) is 0. The summed E-state index contributed by atoms with van der Waals surface area (Å²) < 4.78 is 0. The van der Waals surface area contributed by atoms with Crippen molar-refractivity contribution >= 4 is 23.6 Å². The van der Waals surface area contributed by atoms with Crippen molar-refractivity contribution in [2.75, 3.05) is 6.67 Å². The summed E-state index contributed by atoms with van der Waals surface area (Å²) >= 11 is 0. The third-order valence-electron chi connectivity index (χ3n) is 2.92. The molecular formula is C13H12N2O4. The second-order valence-electron chi connectivity index (χ2n) is 4.19. The van der Waals surface area contributed by atoms with Gasteiger partial charge in [-0.15, -0.1) is 0 Å². The van der Waals surface area contributed by atoms with E-state index in [9.17, 15) is 19.2 Å². The SMILES string of the molecule is CC(=O)N(CN1C(=O)c2ccccc2C1=O)C(C)=O. The largest absolute Gasteiger partial charge is 0.275 e. The summed E-state index contributed by atoms with van der Waals surface area (Å²) in [6.07, 6.45) is 0. The first-order valence-corrected chi connectivity index (χ1v) is 5.67. The fraction of sp³-hybridized carbons (Fsp3) is 0.231. The normalized spacial score (nSPS) is 13.5. The van der Waals surface area contributed by atoms with Crippen molar-refractivity contribution in [2.24, 2.45) is 0 Å². The van der Waals surface area contributed by atoms with Crippen LogP contribution in [-0.4, -0.2) is 40.1 Å². The number of hydrogen-bond acceptors (Lipinski definition) is 4. The zero-order chi connectivity index (χ0) is 14.2. The Bertz CT molecular complexity index is 545. The lowest BCUT2D eigenvalue weighted by Crippen LogP contribution is -2.45. The molecule has 0 aromatic heterocycles. The van der Waals surface area contributed by atoms with Crippen LogP contribution in [0.1, 0.15) is 34.6 Å². The summed E-state index contributed by atoms with van der Waals surface area (Å²) in [6.45, 7) is 2.07. The zero-order valence-electron chi connectivity index (χ0n) is 10.5. The highest BCUT2D eigenvalue weighted by atomic mass is 16.2. The van der Waals surface area contributed by atoms with Crippen molar-refractivity contribution in [2.45, 2.75) is 13.8 Å². The maximum atomic E-state index is 12.0. The number of imide groups is 2. The highest BCUT2D eigenvalue weighted by molar-refractivity contribution is 6.21. The van der Waals surface area contributed by atoms with E-state index in [4.69, 9.17) is 0 Å². The van der Waals surface area contributed by atoms with E-state index in [1.165, 1.54) is 13.8 Å². The molecule has 0 atom stereocenters. The number of amides is 4. The molecule has 0 N–H and O–H groups in total. The Labute approximate surface area is 109 Å². The number of nitrogens with zero attached hydrogens (tertiary/aromatic N) is 2. The maximum Gasteiger partial charge on any atom is 0.263 e. The van der Waals surface area contributed by atoms with Crippen LogP contribution in [0.2, 0.25) is 0 Å². The van der Waals surface area contributed by atoms with Crippen LogP contribution < -0.4 is 0 Å². The Hall–Kier alpha value is -2.50. The molecule has 0 aliphatic carbocycles. The van der Waals surface area contributed by atoms with Gasteiger partial charge in [0, 0.05) is 13.8 Å². The summed E-state index contributed by atoms with van der Waals surface area (Å²) in [7, 11) is 0. The topological polar surface area (TPSA) is 74.8 Å². The fourth-order valence-electron chi connectivity index (χ4n) is 1.93. The van der Waals surface area contributed by atoms with E-state index in [0.717, 1.165) is 9.80 Å². The summed E-state index contributed by atoms with van der Waals surface area (Å²) in [4.78, 5) is 48.5. The number of carbonyl (C=O) groups is 4. The van der Waals surface area contributed by atoms with Crippen LogP contribution in [0.3, 0.4) is 0 Å². The molecule has 0 radical (unpaired) electrons. The van der Waals surface area contributed by atoms with Gasteiger partial charge in [0.05, 0.1) is 11.1 Å². The van der Waals surface area contributed by atoms with E-state index >= 15 is 0 Å². The average molecular weight is 260 g/mol. The van der Waals surface area contributed by atoms with Crippen LogP contribution in [0.15, 0.2) is 24.3 Å². The first-order valence-electron chi connectivity index (χ1n) is 5.67. The van der Waals surface area contributed by atoms with E-state index in [-0.39, 0.29) is 6.67 Å². The standard InChI is InChI=1S/C13H12N2O4/c1-8(16)14(9(2)17)7-15-12(18)10-5-3-4-6-11(10)13(15)19/h3-6H,7H2,1-2H3. The maximum absolute atomic E-state index is 12.0. The Kier molecular flexibility index (Phi) is 3.16. The molecule has 0 saturated heterocycles. The van der Waals surface area contributed by atoms with Gasteiger partial charge in [-0.1, -0.05) is 12.1 Å². The molecule has 4 amide bonds. The van der Waals surface area contributed by atoms with Gasteiger partial charge in [0.1, 0.15) is 6.67 Å². The molecule has 0 spiro atoms. The molecule has 19 heavy (non-hydrogen) atoms. The number of fused-ring (bicyclic) bond motifs is 1. The molecule has 1 aromatic carbocycles. The molecule has 0 fully saturated rings. The van der Waals surface area contributed by atoms with Crippen LogP contribution in [0, 0.1) is 0 Å². The Morgan fingerprint density at radius 2 is 1.42 bits per heavy atom. The number of benzene rings is 1. The van der Waals surface area contributed by atoms with Crippen LogP contribution >= 0.6 is 0 Å². The van der Waals surface area contributed by atoms with E-state index < -0.39 is 23.6 Å². The Morgan fingerprint density at radius 3 is 1.79 bits per heavy atom. The van der Waals surface area contributed by atoms with Crippen molar-refractivity contribution in [1.82, 2.24) is 9.80 Å². The lowest BCUT2D eigenvalue weighted by Gasteiger charge is -2.22. The van der Waals surface area contributed by atoms with E-state index in [1.807, 2.05) is 0 Å². The minimum atomic E-state index is -0.510. The fourth-order valence-corrected chi connectivity index (χ4v) is 1.93. The molecule has 6 heteroatoms. The van der Waals surface area contributed by atoms with Gasteiger partial charge in [0.25, 0.3) is 11.8 Å². The highest BCUT2D eigenvalue weighted by Crippen LogP contribution is 2.22. The first kappa shape index (κ1) is 12.9. The molecule has 0 bridgehead atoms. The molecule has 1 aliphatic heterocycles. The second kappa shape index (κ2) is 4.64. The predicted octanol–water partition coefficient (Wildman–Crippen LogP) is 0.635. The minimum Gasteiger partial charge on any atom is -0.275 e. The third kappa shape index (κ3) is 2.12. The average Bonchev–Trinajstić information content (AvgIpc) is 2.59. The molecule has 6 nitrogen and oxygen atoms in total. The van der Waals surface area contributed by atoms with Gasteiger partial charge in [-0.2, -0.15) is 0 Å². The van der Waals surface area contributed by atoms with Crippen LogP contribution in [0.4, 0.5) is 0 Å². The van der Waals surface area contributed by atoms with E-state index in [1.54, 1.807) is 24.3 Å². The first-order chi connectivity index (χ1) is 8.93. The quantitative estimate of drug-likeness (QED) is 0.731. The van der Waals surface area contributed by atoms with Crippen LogP contribution in [0.25, 0.3) is 0 Å². The lowest BCUT2D eigenvalue weighted by molar-refractivity contribution is -0.143. The molecule has 0 saturated carbocycles. The number of carbonyl (C=O) groups excluding carboxylic acids is 4. The molecule has 1 heterocycles. The molecular weight excluding hydrogens is 248 g/mol. The minimum absolute atomic E-state index is 0.291. The van der Waals surface area contributed by atoms with Crippen LogP contribution in [-0.2, 0) is 9.59 Å². The summed E-state index contributed by atoms with van der Waals surface area (Å²) in [5.41, 5.74) is 0.583. The predicted molar refractivity (Wildman–Crippen MR) is 65.0 cm³/mol. The van der Waals surface area contributed by atoms with Crippen molar-refractivity contribution in [1.29, 1.82) is 0 Å². The highest BCUT2D eigenvalue weighted by Gasteiger charge is 2.37. The Morgan fingerprint density at radius 1 is 1.00 bits per heavy atom. The molecule has 2 rings (SSSR count). The molecule has 1 aromatic rings. The van der Waals surface area contributed by atoms with Gasteiger partial charge in [-0.25, -0.2) is 0 Å². The summed E-state index contributed by atoms with van der Waals surface area (Å²) in [6, 6.07) is 6.39. The third-order valence-corrected chi connectivity index (χ3v) is 2.92. The van der Waals surface area contributed by atoms with Crippen molar-refractivity contribution in [3.8, 4) is 0 Å². The van der Waals surface area contributed by atoms with Gasteiger partial charge in [0.15, 0.2) is 0 Å². The van der Waals surface area contributed by atoms with Crippen molar-refractivity contribution in [3.63, 3.8) is 0 Å². The van der Waals surface area contributed by atoms with Gasteiger partial charge in [-0.05, 0) is 12.1 Å². The number of rotatable bonds is 2. The van der Waals surface area contributed by atoms with Gasteiger partial charge >= 0.3 is 0 Å². The van der Waals surface area contributed by atoms with Crippen molar-refractivity contribution in [3.05, 3.63) is 35.4 Å².